The molecular formula is C28H28N2. The maximum Gasteiger partial charge on any atom is 0.0546 e. The van der Waals surface area contributed by atoms with Crippen LogP contribution in [0.1, 0.15) is 35.6 Å². The lowest BCUT2D eigenvalue weighted by Crippen LogP contribution is -2.18. The van der Waals surface area contributed by atoms with Crippen molar-refractivity contribution >= 4 is 29.1 Å². The summed E-state index contributed by atoms with van der Waals surface area (Å²) < 4.78 is 0. The Labute approximate surface area is 179 Å². The molecule has 3 aromatic rings. The Morgan fingerprint density at radius 2 is 1.50 bits per heavy atom. The van der Waals surface area contributed by atoms with Crippen LogP contribution in [0.15, 0.2) is 72.8 Å². The summed E-state index contributed by atoms with van der Waals surface area (Å²) in [6.45, 7) is 2.22. The SMILES string of the molecule is CCCc1ccc(/C(c2ccc(N(C)C)cc2)=c2\ccc3c(c2)C=CC(=N)C=3)cc1. The van der Waals surface area contributed by atoms with Crippen molar-refractivity contribution in [1.29, 1.82) is 5.41 Å². The Bertz CT molecular complexity index is 1210. The third-order valence-electron chi connectivity index (χ3n) is 5.58. The smallest absolute Gasteiger partial charge is 0.0546 e. The molecule has 0 saturated heterocycles. The highest BCUT2D eigenvalue weighted by atomic mass is 15.1. The summed E-state index contributed by atoms with van der Waals surface area (Å²) in [6, 6.07) is 24.3. The fraction of sp³-hybridized carbons (Fsp3) is 0.179. The number of rotatable bonds is 5. The van der Waals surface area contributed by atoms with Gasteiger partial charge in [0.05, 0.1) is 5.71 Å². The molecule has 0 aromatic heterocycles. The minimum absolute atomic E-state index is 0.547. The number of allylic oxidation sites excluding steroid dienone is 1. The lowest BCUT2D eigenvalue weighted by molar-refractivity contribution is 0.922. The van der Waals surface area contributed by atoms with E-state index in [0.717, 1.165) is 23.6 Å². The number of hydrogen-bond acceptors (Lipinski definition) is 2. The molecule has 0 fully saturated rings. The second-order valence-corrected chi connectivity index (χ2v) is 8.04. The molecule has 0 amide bonds. The normalized spacial score (nSPS) is 13.5. The number of nitrogens with zero attached hydrogens (tertiary/aromatic N) is 1. The molecule has 0 spiro atoms. The van der Waals surface area contributed by atoms with Gasteiger partial charge in [0.15, 0.2) is 0 Å². The fourth-order valence-electron chi connectivity index (χ4n) is 3.95. The molecule has 1 aliphatic rings. The van der Waals surface area contributed by atoms with E-state index in [9.17, 15) is 0 Å². The zero-order chi connectivity index (χ0) is 21.1. The van der Waals surface area contributed by atoms with E-state index in [1.807, 2.05) is 18.2 Å². The first kappa shape index (κ1) is 19.9. The highest BCUT2D eigenvalue weighted by molar-refractivity contribution is 6.18. The van der Waals surface area contributed by atoms with Crippen LogP contribution in [0.25, 0.3) is 17.7 Å². The van der Waals surface area contributed by atoms with Crippen molar-refractivity contribution in [3.05, 3.63) is 105 Å². The van der Waals surface area contributed by atoms with Crippen molar-refractivity contribution in [2.45, 2.75) is 19.8 Å². The summed E-state index contributed by atoms with van der Waals surface area (Å²) in [5.41, 5.74) is 7.95. The van der Waals surface area contributed by atoms with Gasteiger partial charge < -0.3 is 10.3 Å². The predicted molar refractivity (Wildman–Crippen MR) is 130 cm³/mol. The fourth-order valence-corrected chi connectivity index (χ4v) is 3.95. The zero-order valence-electron chi connectivity index (χ0n) is 17.9. The number of benzene rings is 3. The summed E-state index contributed by atoms with van der Waals surface area (Å²) >= 11 is 0. The number of nitrogens with one attached hydrogen (secondary N) is 1. The van der Waals surface area contributed by atoms with E-state index in [0.29, 0.717) is 5.71 Å². The Balaban J connectivity index is 1.92. The minimum Gasteiger partial charge on any atom is -0.378 e. The molecule has 1 aliphatic carbocycles. The Morgan fingerprint density at radius 3 is 2.13 bits per heavy atom. The number of anilines is 1. The van der Waals surface area contributed by atoms with E-state index < -0.39 is 0 Å². The van der Waals surface area contributed by atoms with Gasteiger partial charge in [-0.25, -0.2) is 0 Å². The molecule has 0 saturated carbocycles. The molecule has 0 radical (unpaired) electrons. The van der Waals surface area contributed by atoms with Crippen molar-refractivity contribution in [3.63, 3.8) is 0 Å². The average molecular weight is 393 g/mol. The highest BCUT2D eigenvalue weighted by Gasteiger charge is 2.09. The summed E-state index contributed by atoms with van der Waals surface area (Å²) in [5.74, 6) is 0. The lowest BCUT2D eigenvalue weighted by Gasteiger charge is -2.15. The van der Waals surface area contributed by atoms with Crippen LogP contribution in [0.4, 0.5) is 5.69 Å². The van der Waals surface area contributed by atoms with E-state index in [2.05, 4.69) is 92.6 Å². The standard InChI is InChI=1S/C28H28N2/c1-4-5-20-6-8-21(9-7-20)28(22-13-16-27(17-14-22)30(2)3)25-11-10-24-19-26(29)15-12-23(24)18-25/h6-19,29H,4-5H2,1-3H3/b28-25-,29-26?. The summed E-state index contributed by atoms with van der Waals surface area (Å²) in [4.78, 5) is 2.12. The molecule has 0 heterocycles. The van der Waals surface area contributed by atoms with Crippen LogP contribution in [0.2, 0.25) is 0 Å². The molecule has 2 heteroatoms. The molecule has 30 heavy (non-hydrogen) atoms. The summed E-state index contributed by atoms with van der Waals surface area (Å²) in [6.07, 6.45) is 8.09. The maximum absolute atomic E-state index is 7.88. The summed E-state index contributed by atoms with van der Waals surface area (Å²) in [5, 5.41) is 10.2. The van der Waals surface area contributed by atoms with E-state index in [4.69, 9.17) is 5.41 Å². The van der Waals surface area contributed by atoms with E-state index in [1.165, 1.54) is 33.2 Å². The number of fused-ring (bicyclic) bond motifs is 1. The second-order valence-electron chi connectivity index (χ2n) is 8.04. The third kappa shape index (κ3) is 4.13. The Morgan fingerprint density at radius 1 is 0.833 bits per heavy atom. The van der Waals surface area contributed by atoms with Gasteiger partial charge in [-0.15, -0.1) is 0 Å². The van der Waals surface area contributed by atoms with Crippen molar-refractivity contribution in [2.24, 2.45) is 0 Å². The van der Waals surface area contributed by atoms with Gasteiger partial charge in [0.2, 0.25) is 0 Å². The van der Waals surface area contributed by atoms with Gasteiger partial charge in [0.25, 0.3) is 0 Å². The third-order valence-corrected chi connectivity index (χ3v) is 5.58. The van der Waals surface area contributed by atoms with Crippen LogP contribution in [-0.2, 0) is 6.42 Å². The van der Waals surface area contributed by atoms with E-state index in [-0.39, 0.29) is 0 Å². The van der Waals surface area contributed by atoms with Gasteiger partial charge >= 0.3 is 0 Å². The van der Waals surface area contributed by atoms with Gasteiger partial charge in [-0.3, -0.25) is 0 Å². The molecule has 150 valence electrons. The van der Waals surface area contributed by atoms with Crippen LogP contribution in [0.5, 0.6) is 0 Å². The highest BCUT2D eigenvalue weighted by Crippen LogP contribution is 2.24. The molecule has 4 rings (SSSR count). The molecule has 2 nitrogen and oxygen atoms in total. The first-order valence-corrected chi connectivity index (χ1v) is 10.5. The van der Waals surface area contributed by atoms with Gasteiger partial charge in [0, 0.05) is 19.8 Å². The largest absolute Gasteiger partial charge is 0.378 e. The van der Waals surface area contributed by atoms with E-state index >= 15 is 0 Å². The van der Waals surface area contributed by atoms with Crippen molar-refractivity contribution in [1.82, 2.24) is 0 Å². The first-order chi connectivity index (χ1) is 14.5. The first-order valence-electron chi connectivity index (χ1n) is 10.5. The molecule has 0 bridgehead atoms. The summed E-state index contributed by atoms with van der Waals surface area (Å²) in [7, 11) is 4.13. The molecule has 0 unspecified atom stereocenters. The lowest BCUT2D eigenvalue weighted by atomic mass is 9.92. The monoisotopic (exact) mass is 392 g/mol. The second kappa shape index (κ2) is 8.54. The molecule has 0 aliphatic heterocycles. The number of aryl methyl sites for hydroxylation is 1. The predicted octanol–water partition coefficient (Wildman–Crippen LogP) is 4.78. The van der Waals surface area contributed by atoms with Crippen molar-refractivity contribution in [2.75, 3.05) is 19.0 Å². The quantitative estimate of drug-likeness (QED) is 0.665. The number of hydrogen-bond donors (Lipinski definition) is 1. The van der Waals surface area contributed by atoms with Gasteiger partial charge in [-0.2, -0.15) is 0 Å². The molecule has 0 atom stereocenters. The van der Waals surface area contributed by atoms with Gasteiger partial charge in [0.1, 0.15) is 0 Å². The van der Waals surface area contributed by atoms with Gasteiger partial charge in [-0.05, 0) is 75.0 Å². The van der Waals surface area contributed by atoms with Crippen LogP contribution in [0, 0.1) is 5.41 Å². The molecule has 1 N–H and O–H groups in total. The van der Waals surface area contributed by atoms with Crippen LogP contribution >= 0.6 is 0 Å². The van der Waals surface area contributed by atoms with Crippen LogP contribution in [-0.4, -0.2) is 19.8 Å². The average Bonchev–Trinajstić information content (AvgIpc) is 2.76. The Hall–Kier alpha value is -3.39. The van der Waals surface area contributed by atoms with Crippen molar-refractivity contribution < 1.29 is 0 Å². The minimum atomic E-state index is 0.547. The van der Waals surface area contributed by atoms with Gasteiger partial charge in [-0.1, -0.05) is 68.0 Å². The van der Waals surface area contributed by atoms with Crippen molar-refractivity contribution in [3.8, 4) is 0 Å². The van der Waals surface area contributed by atoms with Crippen LogP contribution < -0.4 is 15.3 Å². The topological polar surface area (TPSA) is 27.1 Å². The Kier molecular flexibility index (Phi) is 5.67. The maximum atomic E-state index is 7.88. The van der Waals surface area contributed by atoms with Crippen LogP contribution in [0.3, 0.4) is 0 Å². The van der Waals surface area contributed by atoms with E-state index in [1.54, 1.807) is 0 Å². The molecule has 3 aromatic carbocycles. The zero-order valence-corrected chi connectivity index (χ0v) is 17.9. The molecular weight excluding hydrogens is 364 g/mol.